The number of carbonyl (C=O) groups is 2. The minimum Gasteiger partial charge on any atom is -0.342 e. The van der Waals surface area contributed by atoms with Gasteiger partial charge in [-0.1, -0.05) is 0 Å². The Kier molecular flexibility index (Phi) is 4.42. The zero-order valence-electron chi connectivity index (χ0n) is 14.8. The number of hydrogen-bond donors (Lipinski definition) is 1. The maximum absolute atomic E-state index is 13.5. The first-order valence-electron chi connectivity index (χ1n) is 9.23. The molecule has 1 N–H and O–H groups in total. The van der Waals surface area contributed by atoms with Crippen LogP contribution in [0.3, 0.4) is 0 Å². The summed E-state index contributed by atoms with van der Waals surface area (Å²) in [6.45, 7) is 0.339. The van der Waals surface area contributed by atoms with E-state index in [1.807, 2.05) is 0 Å². The predicted octanol–water partition coefficient (Wildman–Crippen LogP) is 2.06. The zero-order valence-corrected chi connectivity index (χ0v) is 14.8. The van der Waals surface area contributed by atoms with Crippen LogP contribution in [0, 0.1) is 17.6 Å². The highest BCUT2D eigenvalue weighted by Gasteiger charge is 2.42. The van der Waals surface area contributed by atoms with Gasteiger partial charge >= 0.3 is 0 Å². The molecule has 3 fully saturated rings. The van der Waals surface area contributed by atoms with Crippen LogP contribution in [0.4, 0.5) is 14.5 Å². The lowest BCUT2D eigenvalue weighted by Gasteiger charge is -2.36. The maximum Gasteiger partial charge on any atom is 0.239 e. The summed E-state index contributed by atoms with van der Waals surface area (Å²) in [5.41, 5.74) is 0.298. The molecule has 26 heavy (non-hydrogen) atoms. The number of anilines is 1. The van der Waals surface area contributed by atoms with Gasteiger partial charge in [-0.3, -0.25) is 9.59 Å². The first kappa shape index (κ1) is 17.4. The number of nitrogens with one attached hydrogen (secondary N) is 1. The summed E-state index contributed by atoms with van der Waals surface area (Å²) in [7, 11) is 1.78. The van der Waals surface area contributed by atoms with Crippen molar-refractivity contribution in [3.8, 4) is 0 Å². The van der Waals surface area contributed by atoms with Crippen molar-refractivity contribution in [2.45, 2.75) is 50.2 Å². The summed E-state index contributed by atoms with van der Waals surface area (Å²) in [6.07, 6.45) is 4.54. The Bertz CT molecular complexity index is 729. The Hall–Kier alpha value is -2.02. The van der Waals surface area contributed by atoms with Crippen molar-refractivity contribution in [1.82, 2.24) is 10.2 Å². The van der Waals surface area contributed by atoms with E-state index in [4.69, 9.17) is 0 Å². The number of amides is 2. The maximum atomic E-state index is 13.5. The summed E-state index contributed by atoms with van der Waals surface area (Å²) >= 11 is 0. The summed E-state index contributed by atoms with van der Waals surface area (Å²) in [4.78, 5) is 28.8. The van der Waals surface area contributed by atoms with Gasteiger partial charge in [0, 0.05) is 43.5 Å². The monoisotopic (exact) mass is 363 g/mol. The van der Waals surface area contributed by atoms with Crippen LogP contribution in [-0.2, 0) is 9.59 Å². The smallest absolute Gasteiger partial charge is 0.239 e. The topological polar surface area (TPSA) is 52.7 Å². The van der Waals surface area contributed by atoms with E-state index in [9.17, 15) is 18.4 Å². The summed E-state index contributed by atoms with van der Waals surface area (Å²) < 4.78 is 26.6. The number of fused-ring (bicyclic) bond motifs is 2. The quantitative estimate of drug-likeness (QED) is 0.837. The normalized spacial score (nSPS) is 30.7. The molecule has 4 rings (SSSR count). The molecule has 140 valence electrons. The Morgan fingerprint density at radius 1 is 1.15 bits per heavy atom. The molecule has 0 radical (unpaired) electrons. The Labute approximate surface area is 151 Å². The molecule has 0 saturated carbocycles. The minimum atomic E-state index is -0.993. The first-order chi connectivity index (χ1) is 12.4. The number of nitrogens with zero attached hydrogens (tertiary/aromatic N) is 2. The number of benzene rings is 1. The van der Waals surface area contributed by atoms with Crippen LogP contribution in [-0.4, -0.2) is 48.4 Å². The van der Waals surface area contributed by atoms with E-state index in [-0.39, 0.29) is 17.9 Å². The average Bonchev–Trinajstić information content (AvgIpc) is 3.18. The van der Waals surface area contributed by atoms with Crippen LogP contribution < -0.4 is 10.2 Å². The third-order valence-corrected chi connectivity index (χ3v) is 6.06. The van der Waals surface area contributed by atoms with Crippen LogP contribution >= 0.6 is 0 Å². The summed E-state index contributed by atoms with van der Waals surface area (Å²) in [5.74, 6) is -3.17. The highest BCUT2D eigenvalue weighted by atomic mass is 19.2. The molecule has 1 aromatic rings. The highest BCUT2D eigenvalue weighted by molar-refractivity contribution is 6.09. The van der Waals surface area contributed by atoms with Crippen molar-refractivity contribution in [3.63, 3.8) is 0 Å². The van der Waals surface area contributed by atoms with Gasteiger partial charge in [-0.15, -0.1) is 0 Å². The molecule has 5 nitrogen and oxygen atoms in total. The lowest BCUT2D eigenvalue weighted by Crippen LogP contribution is -2.50. The SMILES string of the molecule is CN(C(=O)C1CCN(c2ccc(F)c(F)c2)C1=O)C1CC2CCC(C1)N2. The average molecular weight is 363 g/mol. The van der Waals surface area contributed by atoms with Crippen molar-refractivity contribution < 1.29 is 18.4 Å². The zero-order chi connectivity index (χ0) is 18.4. The van der Waals surface area contributed by atoms with Gasteiger partial charge in [0.15, 0.2) is 11.6 Å². The van der Waals surface area contributed by atoms with Gasteiger partial charge in [-0.05, 0) is 44.2 Å². The fraction of sp³-hybridized carbons (Fsp3) is 0.579. The second-order valence-corrected chi connectivity index (χ2v) is 7.64. The van der Waals surface area contributed by atoms with Crippen molar-refractivity contribution in [2.75, 3.05) is 18.5 Å². The number of rotatable bonds is 3. The van der Waals surface area contributed by atoms with E-state index in [1.54, 1.807) is 11.9 Å². The van der Waals surface area contributed by atoms with Gasteiger partial charge in [0.1, 0.15) is 5.92 Å². The van der Waals surface area contributed by atoms with Crippen molar-refractivity contribution >= 4 is 17.5 Å². The Morgan fingerprint density at radius 3 is 2.50 bits per heavy atom. The molecule has 1 aromatic carbocycles. The van der Waals surface area contributed by atoms with Gasteiger partial charge in [-0.2, -0.15) is 0 Å². The molecular formula is C19H23F2N3O2. The highest BCUT2D eigenvalue weighted by Crippen LogP contribution is 2.32. The third-order valence-electron chi connectivity index (χ3n) is 6.06. The number of carbonyl (C=O) groups excluding carboxylic acids is 2. The second-order valence-electron chi connectivity index (χ2n) is 7.64. The second kappa shape index (κ2) is 6.61. The number of piperidine rings is 1. The molecule has 3 aliphatic rings. The van der Waals surface area contributed by atoms with Crippen LogP contribution in [0.5, 0.6) is 0 Å². The first-order valence-corrected chi connectivity index (χ1v) is 9.23. The lowest BCUT2D eigenvalue weighted by molar-refractivity contribution is -0.141. The van der Waals surface area contributed by atoms with Crippen molar-refractivity contribution in [3.05, 3.63) is 29.8 Å². The summed E-state index contributed by atoms with van der Waals surface area (Å²) in [6, 6.07) is 4.47. The third kappa shape index (κ3) is 2.98. The van der Waals surface area contributed by atoms with Gasteiger partial charge in [-0.25, -0.2) is 8.78 Å². The number of halogens is 2. The minimum absolute atomic E-state index is 0.159. The molecule has 3 atom stereocenters. The van der Waals surface area contributed by atoms with Crippen LogP contribution in [0.15, 0.2) is 18.2 Å². The van der Waals surface area contributed by atoms with Crippen molar-refractivity contribution in [1.29, 1.82) is 0 Å². The van der Waals surface area contributed by atoms with E-state index >= 15 is 0 Å². The largest absolute Gasteiger partial charge is 0.342 e. The fourth-order valence-corrected chi connectivity index (χ4v) is 4.59. The fourth-order valence-electron chi connectivity index (χ4n) is 4.59. The molecule has 3 unspecified atom stereocenters. The van der Waals surface area contributed by atoms with Crippen LogP contribution in [0.2, 0.25) is 0 Å². The molecule has 3 aliphatic heterocycles. The number of hydrogen-bond acceptors (Lipinski definition) is 3. The van der Waals surface area contributed by atoms with Crippen molar-refractivity contribution in [2.24, 2.45) is 5.92 Å². The lowest BCUT2D eigenvalue weighted by atomic mass is 9.96. The van der Waals surface area contributed by atoms with E-state index in [2.05, 4.69) is 5.32 Å². The molecule has 7 heteroatoms. The molecule has 2 bridgehead atoms. The van der Waals surface area contributed by atoms with Gasteiger partial charge in [0.25, 0.3) is 0 Å². The van der Waals surface area contributed by atoms with Crippen LogP contribution in [0.25, 0.3) is 0 Å². The summed E-state index contributed by atoms with van der Waals surface area (Å²) in [5, 5.41) is 3.55. The standard InChI is InChI=1S/C19H23F2N3O2/c1-23(14-8-11-2-3-12(9-14)22-11)18(25)15-6-7-24(19(15)26)13-4-5-16(20)17(21)10-13/h4-5,10-12,14-15,22H,2-3,6-9H2,1H3. The molecule has 0 aromatic heterocycles. The molecule has 2 amide bonds. The van der Waals surface area contributed by atoms with Gasteiger partial charge < -0.3 is 15.1 Å². The van der Waals surface area contributed by atoms with E-state index < -0.39 is 17.6 Å². The van der Waals surface area contributed by atoms with Crippen LogP contribution in [0.1, 0.15) is 32.1 Å². The Morgan fingerprint density at radius 2 is 1.85 bits per heavy atom. The van der Waals surface area contributed by atoms with Gasteiger partial charge in [0.05, 0.1) is 0 Å². The predicted molar refractivity (Wildman–Crippen MR) is 92.6 cm³/mol. The van der Waals surface area contributed by atoms with E-state index in [1.165, 1.54) is 11.0 Å². The van der Waals surface area contributed by atoms with E-state index in [0.29, 0.717) is 30.7 Å². The van der Waals surface area contributed by atoms with E-state index in [0.717, 1.165) is 37.8 Å². The molecule has 0 spiro atoms. The molecule has 3 saturated heterocycles. The Balaban J connectivity index is 1.45. The van der Waals surface area contributed by atoms with Gasteiger partial charge in [0.2, 0.25) is 11.8 Å². The molecule has 3 heterocycles. The molecular weight excluding hydrogens is 340 g/mol. The molecule has 0 aliphatic carbocycles.